The van der Waals surface area contributed by atoms with Gasteiger partial charge in [-0.1, -0.05) is 56.0 Å². The molecule has 0 radical (unpaired) electrons. The predicted molar refractivity (Wildman–Crippen MR) is 93.8 cm³/mol. The molecule has 1 unspecified atom stereocenters. The van der Waals surface area contributed by atoms with E-state index in [2.05, 4.69) is 10.6 Å². The van der Waals surface area contributed by atoms with E-state index in [0.717, 1.165) is 36.1 Å². The number of hydrogen-bond donors (Lipinski definition) is 2. The number of amides is 4. The van der Waals surface area contributed by atoms with E-state index in [1.807, 2.05) is 30.3 Å². The normalized spacial score (nSPS) is 21.8. The van der Waals surface area contributed by atoms with Crippen LogP contribution in [0.4, 0.5) is 4.79 Å². The molecule has 3 rings (SSSR count). The molecule has 1 heterocycles. The van der Waals surface area contributed by atoms with Crippen molar-refractivity contribution < 1.29 is 14.4 Å². The average Bonchev–Trinajstić information content (AvgIpc) is 2.79. The Morgan fingerprint density at radius 1 is 1.08 bits per heavy atom. The molecule has 1 saturated carbocycles. The molecular weight excluding hydrogens is 318 g/mol. The number of rotatable bonds is 5. The second kappa shape index (κ2) is 8.14. The lowest BCUT2D eigenvalue weighted by Gasteiger charge is -2.18. The van der Waals surface area contributed by atoms with Gasteiger partial charge in [0.15, 0.2) is 0 Å². The predicted octanol–water partition coefficient (Wildman–Crippen LogP) is 1.99. The van der Waals surface area contributed by atoms with E-state index in [1.165, 1.54) is 12.8 Å². The third-order valence-corrected chi connectivity index (χ3v) is 4.91. The van der Waals surface area contributed by atoms with E-state index in [1.54, 1.807) is 0 Å². The Morgan fingerprint density at radius 2 is 1.76 bits per heavy atom. The largest absolute Gasteiger partial charge is 0.352 e. The Bertz CT molecular complexity index is 624. The Morgan fingerprint density at radius 3 is 2.44 bits per heavy atom. The quantitative estimate of drug-likeness (QED) is 0.634. The number of nitrogens with one attached hydrogen (secondary N) is 2. The lowest BCUT2D eigenvalue weighted by atomic mass is 10.1. The van der Waals surface area contributed by atoms with Crippen molar-refractivity contribution in [1.82, 2.24) is 15.5 Å². The highest BCUT2D eigenvalue weighted by Crippen LogP contribution is 2.17. The maximum Gasteiger partial charge on any atom is 0.325 e. The molecule has 2 aliphatic rings. The van der Waals surface area contributed by atoms with Crippen LogP contribution in [0.1, 0.15) is 44.1 Å². The van der Waals surface area contributed by atoms with Crippen molar-refractivity contribution in [2.24, 2.45) is 0 Å². The summed E-state index contributed by atoms with van der Waals surface area (Å²) in [6.45, 7) is -0.202. The second-order valence-corrected chi connectivity index (χ2v) is 6.87. The Kier molecular flexibility index (Phi) is 5.68. The fourth-order valence-electron chi connectivity index (χ4n) is 3.56. The number of carbonyl (C=O) groups is 3. The summed E-state index contributed by atoms with van der Waals surface area (Å²) >= 11 is 0. The maximum atomic E-state index is 12.5. The van der Waals surface area contributed by atoms with E-state index < -0.39 is 12.1 Å². The number of nitrogens with zero attached hydrogens (tertiary/aromatic N) is 1. The van der Waals surface area contributed by atoms with Gasteiger partial charge in [-0.3, -0.25) is 14.5 Å². The van der Waals surface area contributed by atoms with Gasteiger partial charge in [-0.2, -0.15) is 0 Å². The number of urea groups is 1. The molecule has 6 heteroatoms. The Hall–Kier alpha value is -2.37. The van der Waals surface area contributed by atoms with Gasteiger partial charge in [0.2, 0.25) is 5.91 Å². The first-order valence-corrected chi connectivity index (χ1v) is 9.08. The molecule has 1 atom stereocenters. The monoisotopic (exact) mass is 343 g/mol. The summed E-state index contributed by atoms with van der Waals surface area (Å²) in [5.74, 6) is -0.583. The first-order chi connectivity index (χ1) is 12.1. The van der Waals surface area contributed by atoms with Crippen molar-refractivity contribution in [1.29, 1.82) is 0 Å². The summed E-state index contributed by atoms with van der Waals surface area (Å²) in [6, 6.07) is 8.62. The highest BCUT2D eigenvalue weighted by atomic mass is 16.2. The zero-order valence-electron chi connectivity index (χ0n) is 14.4. The van der Waals surface area contributed by atoms with Gasteiger partial charge >= 0.3 is 6.03 Å². The third-order valence-electron chi connectivity index (χ3n) is 4.91. The van der Waals surface area contributed by atoms with Crippen LogP contribution < -0.4 is 10.6 Å². The molecule has 1 saturated heterocycles. The van der Waals surface area contributed by atoms with Crippen LogP contribution in [0.2, 0.25) is 0 Å². The summed E-state index contributed by atoms with van der Waals surface area (Å²) < 4.78 is 0. The van der Waals surface area contributed by atoms with Crippen LogP contribution in [0.3, 0.4) is 0 Å². The van der Waals surface area contributed by atoms with Gasteiger partial charge in [0.1, 0.15) is 12.6 Å². The first-order valence-electron chi connectivity index (χ1n) is 9.08. The number of benzene rings is 1. The third kappa shape index (κ3) is 4.59. The second-order valence-electron chi connectivity index (χ2n) is 6.87. The van der Waals surface area contributed by atoms with Gasteiger partial charge in [-0.05, 0) is 18.4 Å². The summed E-state index contributed by atoms with van der Waals surface area (Å²) in [7, 11) is 0. The van der Waals surface area contributed by atoms with E-state index in [9.17, 15) is 14.4 Å². The molecule has 1 aromatic rings. The highest BCUT2D eigenvalue weighted by molar-refractivity contribution is 6.06. The molecule has 134 valence electrons. The fourth-order valence-corrected chi connectivity index (χ4v) is 3.56. The van der Waals surface area contributed by atoms with Crippen LogP contribution >= 0.6 is 0 Å². The lowest BCUT2D eigenvalue weighted by Crippen LogP contribution is -2.44. The molecule has 25 heavy (non-hydrogen) atoms. The van der Waals surface area contributed by atoms with Gasteiger partial charge < -0.3 is 10.6 Å². The maximum absolute atomic E-state index is 12.5. The zero-order chi connectivity index (χ0) is 17.6. The summed E-state index contributed by atoms with van der Waals surface area (Å²) in [5.41, 5.74) is 0.978. The smallest absolute Gasteiger partial charge is 0.325 e. The zero-order valence-corrected chi connectivity index (χ0v) is 14.4. The van der Waals surface area contributed by atoms with Crippen molar-refractivity contribution in [3.8, 4) is 0 Å². The van der Waals surface area contributed by atoms with Gasteiger partial charge in [0.05, 0.1) is 0 Å². The van der Waals surface area contributed by atoms with Crippen molar-refractivity contribution in [2.45, 2.75) is 57.0 Å². The van der Waals surface area contributed by atoms with Gasteiger partial charge in [-0.25, -0.2) is 4.79 Å². The Balaban J connectivity index is 1.54. The molecular formula is C19H25N3O3. The molecule has 6 nitrogen and oxygen atoms in total. The van der Waals surface area contributed by atoms with E-state index >= 15 is 0 Å². The van der Waals surface area contributed by atoms with Crippen molar-refractivity contribution in [2.75, 3.05) is 6.54 Å². The molecule has 1 aliphatic heterocycles. The minimum Gasteiger partial charge on any atom is -0.352 e. The van der Waals surface area contributed by atoms with Crippen LogP contribution in [0.5, 0.6) is 0 Å². The fraction of sp³-hybridized carbons (Fsp3) is 0.526. The van der Waals surface area contributed by atoms with Crippen molar-refractivity contribution >= 4 is 17.8 Å². The molecule has 1 aromatic carbocycles. The van der Waals surface area contributed by atoms with E-state index in [-0.39, 0.29) is 24.4 Å². The van der Waals surface area contributed by atoms with Gasteiger partial charge in [0, 0.05) is 12.5 Å². The summed E-state index contributed by atoms with van der Waals surface area (Å²) in [4.78, 5) is 37.8. The average molecular weight is 343 g/mol. The summed E-state index contributed by atoms with van der Waals surface area (Å²) in [5, 5.41) is 5.66. The minimum absolute atomic E-state index is 0.163. The molecule has 2 N–H and O–H groups in total. The molecule has 2 fully saturated rings. The van der Waals surface area contributed by atoms with Crippen LogP contribution in [0.15, 0.2) is 30.3 Å². The van der Waals surface area contributed by atoms with Crippen molar-refractivity contribution in [3.63, 3.8) is 0 Å². The van der Waals surface area contributed by atoms with Crippen LogP contribution in [0.25, 0.3) is 0 Å². The van der Waals surface area contributed by atoms with Gasteiger partial charge in [0.25, 0.3) is 5.91 Å². The highest BCUT2D eigenvalue weighted by Gasteiger charge is 2.39. The molecule has 0 spiro atoms. The van der Waals surface area contributed by atoms with Crippen LogP contribution in [-0.2, 0) is 16.0 Å². The van der Waals surface area contributed by atoms with E-state index in [4.69, 9.17) is 0 Å². The number of imide groups is 1. The molecule has 1 aliphatic carbocycles. The summed E-state index contributed by atoms with van der Waals surface area (Å²) in [6.07, 6.45) is 7.04. The van der Waals surface area contributed by atoms with Crippen LogP contribution in [0, 0.1) is 0 Å². The van der Waals surface area contributed by atoms with Crippen LogP contribution in [-0.4, -0.2) is 41.4 Å². The topological polar surface area (TPSA) is 78.5 Å². The number of hydrogen-bond acceptors (Lipinski definition) is 3. The minimum atomic E-state index is -0.597. The Labute approximate surface area is 148 Å². The standard InChI is InChI=1S/C19H25N3O3/c23-17(20-15-10-6-1-2-7-11-15)13-22-18(24)16(21-19(22)25)12-14-8-4-3-5-9-14/h3-5,8-9,15-16H,1-2,6-7,10-13H2,(H,20,23)(H,21,25). The SMILES string of the molecule is O=C(CN1C(=O)NC(Cc2ccccc2)C1=O)NC1CCCCCC1. The van der Waals surface area contributed by atoms with E-state index in [0.29, 0.717) is 6.42 Å². The lowest BCUT2D eigenvalue weighted by molar-refractivity contribution is -0.132. The molecule has 0 bridgehead atoms. The molecule has 4 amide bonds. The van der Waals surface area contributed by atoms with Gasteiger partial charge in [-0.15, -0.1) is 0 Å². The number of carbonyl (C=O) groups excluding carboxylic acids is 3. The first kappa shape index (κ1) is 17.5. The van der Waals surface area contributed by atoms with Crippen molar-refractivity contribution in [3.05, 3.63) is 35.9 Å². The molecule has 0 aromatic heterocycles.